The average molecular weight is 360 g/mol. The number of nitrogens with zero attached hydrogens (tertiary/aromatic N) is 2. The van der Waals surface area contributed by atoms with E-state index in [9.17, 15) is 14.9 Å². The van der Waals surface area contributed by atoms with Crippen molar-refractivity contribution in [1.82, 2.24) is 4.98 Å². The lowest BCUT2D eigenvalue weighted by Gasteiger charge is -2.54. The molecule has 0 atom stereocenters. The molecule has 140 valence electrons. The Kier molecular flexibility index (Phi) is 4.20. The number of rotatable bonds is 5. The summed E-state index contributed by atoms with van der Waals surface area (Å²) in [4.78, 5) is 27.2. The van der Waals surface area contributed by atoms with Gasteiger partial charge in [-0.25, -0.2) is 9.78 Å². The van der Waals surface area contributed by atoms with Crippen LogP contribution in [0.3, 0.4) is 0 Å². The molecule has 4 fully saturated rings. The van der Waals surface area contributed by atoms with E-state index >= 15 is 0 Å². The van der Waals surface area contributed by atoms with Gasteiger partial charge in [0.25, 0.3) is 0 Å². The normalized spacial score (nSPS) is 31.7. The lowest BCUT2D eigenvalue weighted by molar-refractivity contribution is -0.383. The predicted octanol–water partition coefficient (Wildman–Crippen LogP) is 2.99. The summed E-state index contributed by atoms with van der Waals surface area (Å²) in [5.74, 6) is 1.77. The number of esters is 1. The van der Waals surface area contributed by atoms with Crippen molar-refractivity contribution in [3.8, 4) is 0 Å². The number of carbonyl (C=O) groups excluding carboxylic acids is 1. The summed E-state index contributed by atoms with van der Waals surface area (Å²) in [5, 5.41) is 15.0. The fourth-order valence-corrected chi connectivity index (χ4v) is 5.54. The molecule has 0 aromatic carbocycles. The maximum absolute atomic E-state index is 12.3. The molecule has 1 heterocycles. The van der Waals surface area contributed by atoms with Crippen molar-refractivity contribution in [2.75, 3.05) is 17.7 Å². The number of carbonyl (C=O) groups is 1. The Hall–Kier alpha value is -2.38. The topological polar surface area (TPSA) is 120 Å². The smallest absolute Gasteiger partial charge is 0.342 e. The van der Waals surface area contributed by atoms with Crippen LogP contribution in [0.25, 0.3) is 0 Å². The molecule has 4 aliphatic carbocycles. The molecule has 4 saturated carbocycles. The number of anilines is 2. The average Bonchev–Trinajstić information content (AvgIpc) is 2.57. The van der Waals surface area contributed by atoms with Crippen LogP contribution < -0.4 is 11.1 Å². The molecule has 0 amide bonds. The number of ether oxygens (including phenoxy) is 1. The van der Waals surface area contributed by atoms with Gasteiger partial charge in [-0.1, -0.05) is 0 Å². The highest BCUT2D eigenvalue weighted by molar-refractivity contribution is 5.99. The third kappa shape index (κ3) is 2.77. The monoisotopic (exact) mass is 360 g/mol. The van der Waals surface area contributed by atoms with Gasteiger partial charge in [0.2, 0.25) is 5.82 Å². The minimum absolute atomic E-state index is 0.0848. The second-order valence-corrected chi connectivity index (χ2v) is 7.86. The van der Waals surface area contributed by atoms with Crippen LogP contribution in [0.1, 0.15) is 49.4 Å². The molecule has 4 bridgehead atoms. The first-order chi connectivity index (χ1) is 12.5. The lowest BCUT2D eigenvalue weighted by atomic mass is 9.54. The lowest BCUT2D eigenvalue weighted by Crippen LogP contribution is -2.51. The molecule has 5 rings (SSSR count). The Bertz CT molecular complexity index is 723. The molecule has 0 radical (unpaired) electrons. The van der Waals surface area contributed by atoms with Gasteiger partial charge in [-0.15, -0.1) is 0 Å². The number of nitrogen functional groups attached to an aromatic ring is 1. The van der Waals surface area contributed by atoms with Crippen molar-refractivity contribution in [3.05, 3.63) is 21.9 Å². The quantitative estimate of drug-likeness (QED) is 0.470. The summed E-state index contributed by atoms with van der Waals surface area (Å²) < 4.78 is 5.07. The zero-order valence-electron chi connectivity index (χ0n) is 14.8. The summed E-state index contributed by atoms with van der Waals surface area (Å²) in [6.07, 6.45) is 7.25. The highest BCUT2D eigenvalue weighted by Crippen LogP contribution is 2.54. The van der Waals surface area contributed by atoms with Crippen LogP contribution in [-0.4, -0.2) is 28.5 Å². The molecule has 3 N–H and O–H groups in total. The molecule has 0 aliphatic heterocycles. The fourth-order valence-electron chi connectivity index (χ4n) is 5.54. The number of nitro groups is 1. The largest absolute Gasteiger partial charge is 0.462 e. The Morgan fingerprint density at radius 2 is 1.92 bits per heavy atom. The van der Waals surface area contributed by atoms with Crippen molar-refractivity contribution < 1.29 is 14.5 Å². The van der Waals surface area contributed by atoms with Crippen LogP contribution in [0, 0.1) is 33.8 Å². The van der Waals surface area contributed by atoms with Crippen LogP contribution in [0.2, 0.25) is 0 Å². The molecular weight excluding hydrogens is 336 g/mol. The SMILES string of the molecule is CCOC(=O)c1cnc(N)c([N+](=O)[O-])c1NC1C2CC3CC(C2)CC1C3. The Morgan fingerprint density at radius 1 is 1.31 bits per heavy atom. The van der Waals surface area contributed by atoms with Crippen molar-refractivity contribution in [2.24, 2.45) is 23.7 Å². The van der Waals surface area contributed by atoms with Crippen LogP contribution >= 0.6 is 0 Å². The first kappa shape index (κ1) is 17.1. The highest BCUT2D eigenvalue weighted by Gasteiger charge is 2.49. The van der Waals surface area contributed by atoms with E-state index in [4.69, 9.17) is 10.5 Å². The molecule has 26 heavy (non-hydrogen) atoms. The van der Waals surface area contributed by atoms with Crippen molar-refractivity contribution >= 4 is 23.2 Å². The number of nitrogens with two attached hydrogens (primary N) is 1. The second kappa shape index (κ2) is 6.41. The molecule has 8 nitrogen and oxygen atoms in total. The van der Waals surface area contributed by atoms with E-state index in [2.05, 4.69) is 10.3 Å². The number of hydrogen-bond donors (Lipinski definition) is 2. The maximum Gasteiger partial charge on any atom is 0.342 e. The summed E-state index contributed by atoms with van der Waals surface area (Å²) in [6.45, 7) is 1.89. The third-order valence-corrected chi connectivity index (χ3v) is 6.30. The molecule has 1 aromatic heterocycles. The fraction of sp³-hybridized carbons (Fsp3) is 0.667. The highest BCUT2D eigenvalue weighted by atomic mass is 16.6. The molecule has 1 aromatic rings. The van der Waals surface area contributed by atoms with Crippen LogP contribution in [0.4, 0.5) is 17.2 Å². The molecule has 0 unspecified atom stereocenters. The number of aromatic nitrogens is 1. The van der Waals surface area contributed by atoms with Crippen molar-refractivity contribution in [3.63, 3.8) is 0 Å². The summed E-state index contributed by atoms with van der Waals surface area (Å²) in [6, 6.07) is 0.136. The Morgan fingerprint density at radius 3 is 2.46 bits per heavy atom. The molecule has 0 spiro atoms. The van der Waals surface area contributed by atoms with Gasteiger partial charge in [0.15, 0.2) is 0 Å². The van der Waals surface area contributed by atoms with Crippen molar-refractivity contribution in [1.29, 1.82) is 0 Å². The van der Waals surface area contributed by atoms with E-state index in [-0.39, 0.29) is 35.4 Å². The predicted molar refractivity (Wildman–Crippen MR) is 95.7 cm³/mol. The summed E-state index contributed by atoms with van der Waals surface area (Å²) in [7, 11) is 0. The van der Waals surface area contributed by atoms with Gasteiger partial charge in [-0.3, -0.25) is 10.1 Å². The van der Waals surface area contributed by atoms with Crippen LogP contribution in [0.5, 0.6) is 0 Å². The van der Waals surface area contributed by atoms with E-state index < -0.39 is 10.9 Å². The van der Waals surface area contributed by atoms with E-state index in [1.165, 1.54) is 12.6 Å². The van der Waals surface area contributed by atoms with Gasteiger partial charge in [-0.2, -0.15) is 0 Å². The molecule has 0 saturated heterocycles. The molecule has 8 heteroatoms. The van der Waals surface area contributed by atoms with Crippen LogP contribution in [0.15, 0.2) is 6.20 Å². The van der Waals surface area contributed by atoms with Crippen molar-refractivity contribution in [2.45, 2.75) is 45.1 Å². The first-order valence-electron chi connectivity index (χ1n) is 9.34. The minimum Gasteiger partial charge on any atom is -0.462 e. The van der Waals surface area contributed by atoms with Gasteiger partial charge < -0.3 is 15.8 Å². The standard InChI is InChI=1S/C18H24N4O4/c1-2-26-18(23)13-8-20-17(19)16(22(24)25)15(13)21-14-11-4-9-3-10(6-11)7-12(14)5-9/h8-12,14H,2-7H2,1H3,(H3,19,20,21). The van der Waals surface area contributed by atoms with E-state index in [0.29, 0.717) is 11.8 Å². The summed E-state index contributed by atoms with van der Waals surface area (Å²) >= 11 is 0. The van der Waals surface area contributed by atoms with Gasteiger partial charge in [0, 0.05) is 12.2 Å². The number of nitrogens with one attached hydrogen (secondary N) is 1. The zero-order valence-corrected chi connectivity index (χ0v) is 14.8. The minimum atomic E-state index is -0.616. The zero-order chi connectivity index (χ0) is 18.4. The van der Waals surface area contributed by atoms with Crippen LogP contribution in [-0.2, 0) is 4.74 Å². The first-order valence-corrected chi connectivity index (χ1v) is 9.34. The maximum atomic E-state index is 12.3. The number of hydrogen-bond acceptors (Lipinski definition) is 7. The van der Waals surface area contributed by atoms with Gasteiger partial charge in [0.05, 0.1) is 11.5 Å². The second-order valence-electron chi connectivity index (χ2n) is 7.86. The van der Waals surface area contributed by atoms with Gasteiger partial charge in [0.1, 0.15) is 11.3 Å². The Balaban J connectivity index is 1.71. The molecule has 4 aliphatic rings. The van der Waals surface area contributed by atoms with E-state index in [1.54, 1.807) is 6.92 Å². The van der Waals surface area contributed by atoms with Gasteiger partial charge >= 0.3 is 11.7 Å². The molecular formula is C18H24N4O4. The summed E-state index contributed by atoms with van der Waals surface area (Å²) in [5.41, 5.74) is 5.69. The number of pyridine rings is 1. The van der Waals surface area contributed by atoms with E-state index in [0.717, 1.165) is 37.5 Å². The van der Waals surface area contributed by atoms with E-state index in [1.807, 2.05) is 0 Å². The Labute approximate surface area is 151 Å². The third-order valence-electron chi connectivity index (χ3n) is 6.30. The van der Waals surface area contributed by atoms with Gasteiger partial charge in [-0.05, 0) is 62.7 Å².